The number of carbonyl (C=O) groups excluding carboxylic acids is 4. The lowest BCUT2D eigenvalue weighted by Gasteiger charge is -2.22. The normalized spacial score (nSPS) is 14.9. The largest absolute Gasteiger partial charge is 0.480 e. The molecule has 0 aliphatic rings. The van der Waals surface area contributed by atoms with Gasteiger partial charge >= 0.3 is 5.97 Å². The molecule has 4 atom stereocenters. The quantitative estimate of drug-likeness (QED) is 0.157. The first-order chi connectivity index (χ1) is 13.0. The van der Waals surface area contributed by atoms with E-state index < -0.39 is 66.8 Å². The smallest absolute Gasteiger partial charge is 0.328 e. The average molecular weight is 421 g/mol. The van der Waals surface area contributed by atoms with Crippen molar-refractivity contribution in [2.45, 2.75) is 44.0 Å². The second-order valence-electron chi connectivity index (χ2n) is 5.96. The number of carbonyl (C=O) groups is 5. The SMILES string of the molecule is CSCCC(N)C(=O)NCC(=O)NC(CC(N)=O)C(=O)NC(C(=O)O)C(C)O. The van der Waals surface area contributed by atoms with Gasteiger partial charge in [-0.15, -0.1) is 0 Å². The Morgan fingerprint density at radius 3 is 2.18 bits per heavy atom. The molecule has 4 amide bonds. The molecule has 0 aromatic heterocycles. The van der Waals surface area contributed by atoms with Gasteiger partial charge in [-0.05, 0) is 25.4 Å². The van der Waals surface area contributed by atoms with E-state index >= 15 is 0 Å². The van der Waals surface area contributed by atoms with E-state index in [-0.39, 0.29) is 0 Å². The topological polar surface area (TPSA) is 214 Å². The van der Waals surface area contributed by atoms with Crippen LogP contribution in [0.3, 0.4) is 0 Å². The molecule has 0 aliphatic heterocycles. The van der Waals surface area contributed by atoms with Gasteiger partial charge in [0.2, 0.25) is 23.6 Å². The van der Waals surface area contributed by atoms with Gasteiger partial charge in [0.15, 0.2) is 6.04 Å². The summed E-state index contributed by atoms with van der Waals surface area (Å²) < 4.78 is 0. The highest BCUT2D eigenvalue weighted by Gasteiger charge is 2.30. The zero-order valence-electron chi connectivity index (χ0n) is 15.6. The Kier molecular flexibility index (Phi) is 11.8. The number of thioether (sulfide) groups is 1. The van der Waals surface area contributed by atoms with Crippen LogP contribution in [0.5, 0.6) is 0 Å². The molecule has 0 radical (unpaired) electrons. The molecule has 0 heterocycles. The monoisotopic (exact) mass is 421 g/mol. The summed E-state index contributed by atoms with van der Waals surface area (Å²) in [6.07, 6.45) is 0.241. The molecule has 12 nitrogen and oxygen atoms in total. The summed E-state index contributed by atoms with van der Waals surface area (Å²) in [5, 5.41) is 24.9. The highest BCUT2D eigenvalue weighted by molar-refractivity contribution is 7.98. The minimum Gasteiger partial charge on any atom is -0.480 e. The molecule has 4 unspecified atom stereocenters. The van der Waals surface area contributed by atoms with E-state index in [0.717, 1.165) is 6.92 Å². The third kappa shape index (κ3) is 10.1. The van der Waals surface area contributed by atoms with Crippen molar-refractivity contribution in [2.24, 2.45) is 11.5 Å². The number of nitrogens with two attached hydrogens (primary N) is 2. The molecular formula is C15H27N5O7S. The number of hydrogen-bond acceptors (Lipinski definition) is 8. The molecule has 0 spiro atoms. The van der Waals surface area contributed by atoms with Gasteiger partial charge in [-0.25, -0.2) is 4.79 Å². The van der Waals surface area contributed by atoms with E-state index in [1.54, 1.807) is 0 Å². The van der Waals surface area contributed by atoms with Crippen molar-refractivity contribution < 1.29 is 34.2 Å². The fraction of sp³-hybridized carbons (Fsp3) is 0.667. The number of aliphatic hydroxyl groups is 1. The van der Waals surface area contributed by atoms with Crippen LogP contribution in [0.4, 0.5) is 0 Å². The summed E-state index contributed by atoms with van der Waals surface area (Å²) in [6, 6.07) is -3.92. The summed E-state index contributed by atoms with van der Waals surface area (Å²) in [5.74, 6) is -4.15. The minimum atomic E-state index is -1.64. The van der Waals surface area contributed by atoms with E-state index in [2.05, 4.69) is 10.6 Å². The molecule has 0 aromatic rings. The zero-order chi connectivity index (χ0) is 21.9. The van der Waals surface area contributed by atoms with Crippen LogP contribution in [0.25, 0.3) is 0 Å². The average Bonchev–Trinajstić information content (AvgIpc) is 2.60. The number of carboxylic acid groups (broad SMARTS) is 1. The number of primary amides is 1. The summed E-state index contributed by atoms with van der Waals surface area (Å²) >= 11 is 1.51. The Balaban J connectivity index is 4.83. The third-order valence-corrected chi connectivity index (χ3v) is 4.14. The van der Waals surface area contributed by atoms with Gasteiger partial charge in [0, 0.05) is 0 Å². The molecule has 28 heavy (non-hydrogen) atoms. The maximum Gasteiger partial charge on any atom is 0.328 e. The van der Waals surface area contributed by atoms with Gasteiger partial charge < -0.3 is 37.6 Å². The van der Waals surface area contributed by atoms with Gasteiger partial charge in [0.1, 0.15) is 6.04 Å². The van der Waals surface area contributed by atoms with E-state index in [1.807, 2.05) is 11.6 Å². The Bertz CT molecular complexity index is 587. The molecule has 0 saturated heterocycles. The van der Waals surface area contributed by atoms with Gasteiger partial charge in [-0.2, -0.15) is 11.8 Å². The Morgan fingerprint density at radius 2 is 1.71 bits per heavy atom. The number of aliphatic carboxylic acids is 1. The van der Waals surface area contributed by atoms with Crippen molar-refractivity contribution in [3.05, 3.63) is 0 Å². The second kappa shape index (κ2) is 12.9. The predicted molar refractivity (Wildman–Crippen MR) is 101 cm³/mol. The van der Waals surface area contributed by atoms with Crippen molar-refractivity contribution in [1.82, 2.24) is 16.0 Å². The number of rotatable bonds is 13. The Morgan fingerprint density at radius 1 is 1.11 bits per heavy atom. The highest BCUT2D eigenvalue weighted by atomic mass is 32.2. The number of carboxylic acids is 1. The summed E-state index contributed by atoms with van der Waals surface area (Å²) in [5.41, 5.74) is 10.7. The van der Waals surface area contributed by atoms with Crippen molar-refractivity contribution in [2.75, 3.05) is 18.6 Å². The van der Waals surface area contributed by atoms with Gasteiger partial charge in [0.05, 0.1) is 25.1 Å². The molecule has 0 rings (SSSR count). The Labute approximate surface area is 166 Å². The number of nitrogens with one attached hydrogen (secondary N) is 3. The number of amides is 4. The first kappa shape index (κ1) is 25.6. The van der Waals surface area contributed by atoms with Crippen LogP contribution in [0.15, 0.2) is 0 Å². The van der Waals surface area contributed by atoms with Gasteiger partial charge in [-0.3, -0.25) is 19.2 Å². The lowest BCUT2D eigenvalue weighted by atomic mass is 10.1. The van der Waals surface area contributed by atoms with E-state index in [1.165, 1.54) is 11.8 Å². The van der Waals surface area contributed by atoms with Crippen LogP contribution in [-0.2, 0) is 24.0 Å². The molecule has 9 N–H and O–H groups in total. The molecule has 0 aliphatic carbocycles. The van der Waals surface area contributed by atoms with Gasteiger partial charge in [-0.1, -0.05) is 0 Å². The van der Waals surface area contributed by atoms with Crippen molar-refractivity contribution in [1.29, 1.82) is 0 Å². The third-order valence-electron chi connectivity index (χ3n) is 3.50. The highest BCUT2D eigenvalue weighted by Crippen LogP contribution is 1.99. The predicted octanol–water partition coefficient (Wildman–Crippen LogP) is -3.51. The van der Waals surface area contributed by atoms with Crippen LogP contribution in [0, 0.1) is 0 Å². The molecular weight excluding hydrogens is 394 g/mol. The summed E-state index contributed by atoms with van der Waals surface area (Å²) in [4.78, 5) is 58.1. The van der Waals surface area contributed by atoms with Crippen molar-refractivity contribution in [3.8, 4) is 0 Å². The maximum absolute atomic E-state index is 12.2. The van der Waals surface area contributed by atoms with Crippen LogP contribution >= 0.6 is 11.8 Å². The molecule has 160 valence electrons. The molecule has 0 saturated carbocycles. The van der Waals surface area contributed by atoms with Crippen LogP contribution in [0.2, 0.25) is 0 Å². The van der Waals surface area contributed by atoms with E-state index in [0.29, 0.717) is 12.2 Å². The lowest BCUT2D eigenvalue weighted by molar-refractivity contribution is -0.145. The molecule has 13 heteroatoms. The van der Waals surface area contributed by atoms with Crippen LogP contribution in [0.1, 0.15) is 19.8 Å². The zero-order valence-corrected chi connectivity index (χ0v) is 16.5. The molecule has 0 fully saturated rings. The second-order valence-corrected chi connectivity index (χ2v) is 6.95. The fourth-order valence-corrected chi connectivity index (χ4v) is 2.46. The van der Waals surface area contributed by atoms with Gasteiger partial charge in [0.25, 0.3) is 0 Å². The van der Waals surface area contributed by atoms with Crippen molar-refractivity contribution >= 4 is 41.4 Å². The summed E-state index contributed by atoms with van der Waals surface area (Å²) in [6.45, 7) is 0.643. The standard InChI is InChI=1S/C15H27N5O7S/c1-7(21)12(15(26)27)20-14(25)9(5-10(17)22)19-11(23)6-18-13(24)8(16)3-4-28-2/h7-9,12,21H,3-6,16H2,1-2H3,(H2,17,22)(H,18,24)(H,19,23)(H,20,25)(H,26,27). The maximum atomic E-state index is 12.2. The van der Waals surface area contributed by atoms with E-state index in [4.69, 9.17) is 16.6 Å². The Hall–Kier alpha value is -2.38. The molecule has 0 bridgehead atoms. The lowest BCUT2D eigenvalue weighted by Crippen LogP contribution is -2.56. The first-order valence-electron chi connectivity index (χ1n) is 8.30. The molecule has 0 aromatic carbocycles. The number of hydrogen-bond donors (Lipinski definition) is 7. The van der Waals surface area contributed by atoms with Crippen LogP contribution < -0.4 is 27.4 Å². The van der Waals surface area contributed by atoms with Crippen LogP contribution in [-0.4, -0.2) is 82.6 Å². The van der Waals surface area contributed by atoms with Crippen molar-refractivity contribution in [3.63, 3.8) is 0 Å². The van der Waals surface area contributed by atoms with E-state index in [9.17, 15) is 29.1 Å². The minimum absolute atomic E-state index is 0.414. The fourth-order valence-electron chi connectivity index (χ4n) is 1.97. The number of aliphatic hydroxyl groups excluding tert-OH is 1. The summed E-state index contributed by atoms with van der Waals surface area (Å²) in [7, 11) is 0. The first-order valence-corrected chi connectivity index (χ1v) is 9.70.